The zero-order valence-corrected chi connectivity index (χ0v) is 11.3. The number of rotatable bonds is 4. The van der Waals surface area contributed by atoms with Gasteiger partial charge in [-0.3, -0.25) is 4.79 Å². The highest BCUT2D eigenvalue weighted by atomic mass is 16.2. The van der Waals surface area contributed by atoms with Crippen molar-refractivity contribution in [3.05, 3.63) is 29.8 Å². The maximum Gasteiger partial charge on any atom is 0.234 e. The number of hydrogen-bond donors (Lipinski definition) is 1. The van der Waals surface area contributed by atoms with Crippen LogP contribution >= 0.6 is 0 Å². The summed E-state index contributed by atoms with van der Waals surface area (Å²) in [6, 6.07) is 8.10. The average molecular weight is 246 g/mol. The first-order valence-corrected chi connectivity index (χ1v) is 6.71. The van der Waals surface area contributed by atoms with Gasteiger partial charge in [-0.05, 0) is 44.4 Å². The predicted molar refractivity (Wildman–Crippen MR) is 74.5 cm³/mol. The van der Waals surface area contributed by atoms with E-state index in [1.807, 2.05) is 36.9 Å². The molecule has 0 heterocycles. The van der Waals surface area contributed by atoms with Gasteiger partial charge in [0, 0.05) is 18.8 Å². The smallest absolute Gasteiger partial charge is 0.234 e. The van der Waals surface area contributed by atoms with E-state index in [2.05, 4.69) is 6.07 Å². The molecule has 1 fully saturated rings. The largest absolute Gasteiger partial charge is 0.329 e. The van der Waals surface area contributed by atoms with E-state index in [0.717, 1.165) is 24.9 Å². The SMILES string of the molecule is CCN(C(=O)C1(CN)CCC1)c1cccc(C)c1. The Morgan fingerprint density at radius 3 is 2.61 bits per heavy atom. The quantitative estimate of drug-likeness (QED) is 0.887. The van der Waals surface area contributed by atoms with Crippen LogP contribution in [0.4, 0.5) is 5.69 Å². The van der Waals surface area contributed by atoms with Gasteiger partial charge in [-0.1, -0.05) is 18.6 Å². The van der Waals surface area contributed by atoms with Crippen molar-refractivity contribution in [2.24, 2.45) is 11.1 Å². The summed E-state index contributed by atoms with van der Waals surface area (Å²) in [6.07, 6.45) is 2.99. The summed E-state index contributed by atoms with van der Waals surface area (Å²) < 4.78 is 0. The summed E-state index contributed by atoms with van der Waals surface area (Å²) in [4.78, 5) is 14.5. The molecule has 1 aromatic rings. The highest BCUT2D eigenvalue weighted by Crippen LogP contribution is 2.42. The summed E-state index contributed by atoms with van der Waals surface area (Å²) in [5, 5.41) is 0. The monoisotopic (exact) mass is 246 g/mol. The van der Waals surface area contributed by atoms with Crippen molar-refractivity contribution in [1.82, 2.24) is 0 Å². The molecule has 18 heavy (non-hydrogen) atoms. The topological polar surface area (TPSA) is 46.3 Å². The van der Waals surface area contributed by atoms with Crippen LogP contribution in [0.25, 0.3) is 0 Å². The fourth-order valence-corrected chi connectivity index (χ4v) is 2.63. The Morgan fingerprint density at radius 2 is 2.17 bits per heavy atom. The molecule has 98 valence electrons. The van der Waals surface area contributed by atoms with E-state index in [-0.39, 0.29) is 11.3 Å². The number of benzene rings is 1. The Hall–Kier alpha value is -1.35. The normalized spacial score (nSPS) is 17.1. The number of carbonyl (C=O) groups is 1. The number of aryl methyl sites for hydroxylation is 1. The Labute approximate surface area is 109 Å². The first-order valence-electron chi connectivity index (χ1n) is 6.71. The molecule has 2 N–H and O–H groups in total. The van der Waals surface area contributed by atoms with Crippen molar-refractivity contribution < 1.29 is 4.79 Å². The first kappa shape index (κ1) is 13.1. The summed E-state index contributed by atoms with van der Waals surface area (Å²) in [6.45, 7) is 5.23. The Kier molecular flexibility index (Phi) is 3.71. The molecule has 0 aromatic heterocycles. The summed E-state index contributed by atoms with van der Waals surface area (Å²) in [5.74, 6) is 0.198. The van der Waals surface area contributed by atoms with Gasteiger partial charge in [0.05, 0.1) is 5.41 Å². The van der Waals surface area contributed by atoms with Crippen LogP contribution in [0.2, 0.25) is 0 Å². The molecule has 1 amide bonds. The second-order valence-electron chi connectivity index (χ2n) is 5.23. The van der Waals surface area contributed by atoms with Gasteiger partial charge in [-0.25, -0.2) is 0 Å². The van der Waals surface area contributed by atoms with Crippen LogP contribution in [0, 0.1) is 12.3 Å². The molecule has 0 spiro atoms. The third-order valence-corrected chi connectivity index (χ3v) is 4.03. The van der Waals surface area contributed by atoms with Gasteiger partial charge in [0.15, 0.2) is 0 Å². The molecule has 3 heteroatoms. The lowest BCUT2D eigenvalue weighted by Crippen LogP contribution is -2.52. The van der Waals surface area contributed by atoms with E-state index >= 15 is 0 Å². The van der Waals surface area contributed by atoms with Crippen LogP contribution in [0.15, 0.2) is 24.3 Å². The maximum absolute atomic E-state index is 12.7. The zero-order valence-electron chi connectivity index (χ0n) is 11.3. The summed E-state index contributed by atoms with van der Waals surface area (Å²) in [7, 11) is 0. The fraction of sp³-hybridized carbons (Fsp3) is 0.533. The molecular weight excluding hydrogens is 224 g/mol. The van der Waals surface area contributed by atoms with Crippen LogP contribution in [0.1, 0.15) is 31.7 Å². The van der Waals surface area contributed by atoms with Gasteiger partial charge in [0.25, 0.3) is 0 Å². The molecule has 2 rings (SSSR count). The van der Waals surface area contributed by atoms with Crippen LogP contribution in [0.3, 0.4) is 0 Å². The van der Waals surface area contributed by atoms with Crippen molar-refractivity contribution in [3.8, 4) is 0 Å². The molecule has 0 saturated heterocycles. The molecule has 0 unspecified atom stereocenters. The average Bonchev–Trinajstić information content (AvgIpc) is 2.29. The fourth-order valence-electron chi connectivity index (χ4n) is 2.63. The Morgan fingerprint density at radius 1 is 1.44 bits per heavy atom. The molecule has 1 aromatic carbocycles. The van der Waals surface area contributed by atoms with E-state index in [4.69, 9.17) is 5.73 Å². The second kappa shape index (κ2) is 5.11. The molecule has 0 aliphatic heterocycles. The third-order valence-electron chi connectivity index (χ3n) is 4.03. The van der Waals surface area contributed by atoms with Crippen LogP contribution in [0.5, 0.6) is 0 Å². The van der Waals surface area contributed by atoms with E-state index in [0.29, 0.717) is 13.1 Å². The van der Waals surface area contributed by atoms with Crippen molar-refractivity contribution >= 4 is 11.6 Å². The van der Waals surface area contributed by atoms with Crippen molar-refractivity contribution in [1.29, 1.82) is 0 Å². The predicted octanol–water partition coefficient (Wildman–Crippen LogP) is 2.48. The van der Waals surface area contributed by atoms with Gasteiger partial charge in [0.1, 0.15) is 0 Å². The molecule has 0 bridgehead atoms. The summed E-state index contributed by atoms with van der Waals surface area (Å²) >= 11 is 0. The van der Waals surface area contributed by atoms with E-state index in [9.17, 15) is 4.79 Å². The van der Waals surface area contributed by atoms with Gasteiger partial charge in [-0.15, -0.1) is 0 Å². The second-order valence-corrected chi connectivity index (χ2v) is 5.23. The lowest BCUT2D eigenvalue weighted by Gasteiger charge is -2.42. The lowest BCUT2D eigenvalue weighted by molar-refractivity contribution is -0.132. The van der Waals surface area contributed by atoms with Crippen LogP contribution < -0.4 is 10.6 Å². The van der Waals surface area contributed by atoms with Crippen molar-refractivity contribution in [2.75, 3.05) is 18.0 Å². The van der Waals surface area contributed by atoms with Crippen LogP contribution in [-0.4, -0.2) is 19.0 Å². The molecule has 0 radical (unpaired) electrons. The zero-order chi connectivity index (χ0) is 13.2. The number of anilines is 1. The summed E-state index contributed by atoms with van der Waals surface area (Å²) in [5.41, 5.74) is 7.69. The van der Waals surface area contributed by atoms with Gasteiger partial charge < -0.3 is 10.6 Å². The van der Waals surface area contributed by atoms with Crippen LogP contribution in [-0.2, 0) is 4.79 Å². The molecule has 1 aliphatic carbocycles. The molecule has 3 nitrogen and oxygen atoms in total. The Balaban J connectivity index is 2.26. The Bertz CT molecular complexity index is 432. The number of amides is 1. The highest BCUT2D eigenvalue weighted by Gasteiger charge is 2.45. The minimum Gasteiger partial charge on any atom is -0.329 e. The minimum absolute atomic E-state index is 0.198. The molecule has 1 aliphatic rings. The van der Waals surface area contributed by atoms with Crippen molar-refractivity contribution in [3.63, 3.8) is 0 Å². The third kappa shape index (κ3) is 2.15. The number of hydrogen-bond acceptors (Lipinski definition) is 2. The minimum atomic E-state index is -0.292. The van der Waals surface area contributed by atoms with Gasteiger partial charge >= 0.3 is 0 Å². The van der Waals surface area contributed by atoms with E-state index < -0.39 is 0 Å². The number of nitrogens with zero attached hydrogens (tertiary/aromatic N) is 1. The molecule has 0 atom stereocenters. The van der Waals surface area contributed by atoms with Crippen molar-refractivity contribution in [2.45, 2.75) is 33.1 Å². The lowest BCUT2D eigenvalue weighted by atomic mass is 9.67. The molecular formula is C15H22N2O. The highest BCUT2D eigenvalue weighted by molar-refractivity contribution is 5.98. The first-order chi connectivity index (χ1) is 8.63. The van der Waals surface area contributed by atoms with E-state index in [1.165, 1.54) is 5.56 Å². The van der Waals surface area contributed by atoms with E-state index in [1.54, 1.807) is 0 Å². The standard InChI is InChI=1S/C15H22N2O/c1-3-17(13-7-4-6-12(2)10-13)14(18)15(11-16)8-5-9-15/h4,6-7,10H,3,5,8-9,11,16H2,1-2H3. The molecule has 1 saturated carbocycles. The van der Waals surface area contributed by atoms with Gasteiger partial charge in [-0.2, -0.15) is 0 Å². The number of nitrogens with two attached hydrogens (primary N) is 1. The maximum atomic E-state index is 12.7. The van der Waals surface area contributed by atoms with Gasteiger partial charge in [0.2, 0.25) is 5.91 Å². The number of carbonyl (C=O) groups excluding carboxylic acids is 1.